The van der Waals surface area contributed by atoms with Gasteiger partial charge >= 0.3 is 12.2 Å². The first kappa shape index (κ1) is 21.3. The Labute approximate surface area is 157 Å². The first-order valence-corrected chi connectivity index (χ1v) is 9.02. The Morgan fingerprint density at radius 3 is 2.48 bits per heavy atom. The van der Waals surface area contributed by atoms with Gasteiger partial charge in [-0.2, -0.15) is 13.2 Å². The Balaban J connectivity index is 1.61. The summed E-state index contributed by atoms with van der Waals surface area (Å²) in [6.07, 6.45) is -3.74. The van der Waals surface area contributed by atoms with E-state index >= 15 is 0 Å². The van der Waals surface area contributed by atoms with Crippen molar-refractivity contribution in [2.45, 2.75) is 19.1 Å². The second kappa shape index (κ2) is 10.4. The highest BCUT2D eigenvalue weighted by Gasteiger charge is 2.28. The molecule has 0 unspecified atom stereocenters. The van der Waals surface area contributed by atoms with Gasteiger partial charge in [-0.1, -0.05) is 12.1 Å². The average Bonchev–Trinajstić information content (AvgIpc) is 2.63. The maximum absolute atomic E-state index is 12.2. The van der Waals surface area contributed by atoms with Gasteiger partial charge in [0.1, 0.15) is 0 Å². The Kier molecular flexibility index (Phi) is 8.18. The Morgan fingerprint density at radius 1 is 1.19 bits per heavy atom. The van der Waals surface area contributed by atoms with E-state index in [4.69, 9.17) is 4.74 Å². The third-order valence-corrected chi connectivity index (χ3v) is 4.22. The summed E-state index contributed by atoms with van der Waals surface area (Å²) < 4.78 is 42.0. The van der Waals surface area contributed by atoms with E-state index in [-0.39, 0.29) is 12.6 Å². The number of halogens is 3. The summed E-state index contributed by atoms with van der Waals surface area (Å²) in [5.41, 5.74) is 2.11. The number of rotatable bonds is 8. The number of ether oxygens (including phenoxy) is 1. The van der Waals surface area contributed by atoms with E-state index in [1.165, 1.54) is 11.9 Å². The van der Waals surface area contributed by atoms with E-state index in [0.29, 0.717) is 19.5 Å². The molecule has 1 aliphatic heterocycles. The number of urea groups is 1. The summed E-state index contributed by atoms with van der Waals surface area (Å²) in [7, 11) is 1.41. The van der Waals surface area contributed by atoms with Crippen LogP contribution in [0.5, 0.6) is 0 Å². The number of anilines is 1. The van der Waals surface area contributed by atoms with Gasteiger partial charge < -0.3 is 20.3 Å². The van der Waals surface area contributed by atoms with Crippen LogP contribution in [0.1, 0.15) is 12.0 Å². The van der Waals surface area contributed by atoms with Crippen LogP contribution in [-0.4, -0.2) is 70.1 Å². The molecule has 0 spiro atoms. The number of hydrogen-bond donors (Lipinski definition) is 2. The van der Waals surface area contributed by atoms with Crippen LogP contribution in [0, 0.1) is 0 Å². The largest absolute Gasteiger partial charge is 0.401 e. The first-order valence-electron chi connectivity index (χ1n) is 9.02. The maximum Gasteiger partial charge on any atom is 0.401 e. The summed E-state index contributed by atoms with van der Waals surface area (Å²) in [4.78, 5) is 15.2. The van der Waals surface area contributed by atoms with Crippen LogP contribution in [0.3, 0.4) is 0 Å². The van der Waals surface area contributed by atoms with Crippen LogP contribution < -0.4 is 15.5 Å². The van der Waals surface area contributed by atoms with Gasteiger partial charge in [-0.3, -0.25) is 4.90 Å². The topological polar surface area (TPSA) is 56.8 Å². The maximum atomic E-state index is 12.2. The zero-order valence-corrected chi connectivity index (χ0v) is 15.5. The van der Waals surface area contributed by atoms with Crippen LogP contribution >= 0.6 is 0 Å². The third-order valence-electron chi connectivity index (χ3n) is 4.22. The second-order valence-electron chi connectivity index (χ2n) is 6.58. The molecule has 27 heavy (non-hydrogen) atoms. The number of alkyl halides is 3. The van der Waals surface area contributed by atoms with Gasteiger partial charge in [0, 0.05) is 31.9 Å². The van der Waals surface area contributed by atoms with E-state index < -0.39 is 12.7 Å². The van der Waals surface area contributed by atoms with Crippen molar-refractivity contribution in [3.8, 4) is 0 Å². The molecule has 1 fully saturated rings. The lowest BCUT2D eigenvalue weighted by Gasteiger charge is -2.28. The molecule has 1 aromatic carbocycles. The predicted molar refractivity (Wildman–Crippen MR) is 97.9 cm³/mol. The fourth-order valence-electron chi connectivity index (χ4n) is 2.83. The van der Waals surface area contributed by atoms with Gasteiger partial charge in [0.2, 0.25) is 0 Å². The highest BCUT2D eigenvalue weighted by molar-refractivity contribution is 5.73. The molecule has 0 radical (unpaired) electrons. The Morgan fingerprint density at radius 2 is 1.85 bits per heavy atom. The highest BCUT2D eigenvalue weighted by atomic mass is 19.4. The fraction of sp³-hybridized carbons (Fsp3) is 0.611. The monoisotopic (exact) mass is 388 g/mol. The lowest BCUT2D eigenvalue weighted by Crippen LogP contribution is -2.37. The molecule has 2 amide bonds. The minimum atomic E-state index is -4.20. The molecule has 1 heterocycles. The molecular formula is C18H27F3N4O2. The lowest BCUT2D eigenvalue weighted by molar-refractivity contribution is -0.143. The van der Waals surface area contributed by atoms with Crippen molar-refractivity contribution in [1.29, 1.82) is 0 Å². The zero-order chi connectivity index (χ0) is 19.7. The van der Waals surface area contributed by atoms with E-state index in [2.05, 4.69) is 15.5 Å². The van der Waals surface area contributed by atoms with Crippen LogP contribution in [0.15, 0.2) is 24.3 Å². The summed E-state index contributed by atoms with van der Waals surface area (Å²) in [5.74, 6) is 0. The smallest absolute Gasteiger partial charge is 0.378 e. The van der Waals surface area contributed by atoms with Gasteiger partial charge in [-0.05, 0) is 37.7 Å². The molecule has 1 saturated heterocycles. The van der Waals surface area contributed by atoms with Crippen molar-refractivity contribution in [3.05, 3.63) is 29.8 Å². The quantitative estimate of drug-likeness (QED) is 0.671. The van der Waals surface area contributed by atoms with Crippen molar-refractivity contribution in [1.82, 2.24) is 15.5 Å². The number of nitrogens with zero attached hydrogens (tertiary/aromatic N) is 2. The van der Waals surface area contributed by atoms with Crippen LogP contribution in [-0.2, 0) is 11.3 Å². The second-order valence-corrected chi connectivity index (χ2v) is 6.58. The summed E-state index contributed by atoms with van der Waals surface area (Å²) in [6.45, 7) is 3.25. The Bertz CT molecular complexity index is 575. The molecular weight excluding hydrogens is 361 g/mol. The van der Waals surface area contributed by atoms with Crippen LogP contribution in [0.25, 0.3) is 0 Å². The van der Waals surface area contributed by atoms with Gasteiger partial charge in [-0.15, -0.1) is 0 Å². The van der Waals surface area contributed by atoms with Crippen LogP contribution in [0.4, 0.5) is 23.7 Å². The van der Waals surface area contributed by atoms with Crippen molar-refractivity contribution < 1.29 is 22.7 Å². The van der Waals surface area contributed by atoms with Crippen molar-refractivity contribution in [2.75, 3.05) is 57.9 Å². The lowest BCUT2D eigenvalue weighted by atomic mass is 10.2. The predicted octanol–water partition coefficient (Wildman–Crippen LogP) is 2.21. The van der Waals surface area contributed by atoms with Crippen LogP contribution in [0.2, 0.25) is 0 Å². The molecule has 0 aliphatic carbocycles. The van der Waals surface area contributed by atoms with Gasteiger partial charge in [0.15, 0.2) is 0 Å². The average molecular weight is 388 g/mol. The van der Waals surface area contributed by atoms with E-state index in [9.17, 15) is 18.0 Å². The molecule has 1 aromatic rings. The van der Waals surface area contributed by atoms with Crippen molar-refractivity contribution in [3.63, 3.8) is 0 Å². The molecule has 0 aromatic heterocycles. The van der Waals surface area contributed by atoms with E-state index in [1.807, 2.05) is 24.3 Å². The number of hydrogen-bond acceptors (Lipinski definition) is 4. The van der Waals surface area contributed by atoms with Gasteiger partial charge in [0.25, 0.3) is 0 Å². The number of benzene rings is 1. The van der Waals surface area contributed by atoms with Crippen molar-refractivity contribution >= 4 is 11.7 Å². The minimum absolute atomic E-state index is 0.267. The SMILES string of the molecule is CN(CCCNC(=O)NCc1ccc(N2CCOCC2)cc1)CC(F)(F)F. The zero-order valence-electron chi connectivity index (χ0n) is 15.5. The molecule has 9 heteroatoms. The molecule has 0 saturated carbocycles. The number of nitrogens with one attached hydrogen (secondary N) is 2. The molecule has 1 aliphatic rings. The third kappa shape index (κ3) is 8.49. The minimum Gasteiger partial charge on any atom is -0.378 e. The molecule has 0 atom stereocenters. The van der Waals surface area contributed by atoms with E-state index in [1.54, 1.807) is 0 Å². The number of carbonyl (C=O) groups is 1. The molecule has 2 rings (SSSR count). The number of amides is 2. The Hall–Kier alpha value is -2.00. The number of morpholine rings is 1. The van der Waals surface area contributed by atoms with Crippen molar-refractivity contribution in [2.24, 2.45) is 0 Å². The normalized spacial score (nSPS) is 15.1. The first-order chi connectivity index (χ1) is 12.8. The standard InChI is InChI=1S/C18H27F3N4O2/c1-24(14-18(19,20)21)8-2-7-22-17(26)23-13-15-3-5-16(6-4-15)25-9-11-27-12-10-25/h3-6H,2,7-14H2,1H3,(H2,22,23,26). The molecule has 0 bridgehead atoms. The van der Waals surface area contributed by atoms with Gasteiger partial charge in [0.05, 0.1) is 19.8 Å². The fourth-order valence-corrected chi connectivity index (χ4v) is 2.83. The molecule has 152 valence electrons. The van der Waals surface area contributed by atoms with E-state index in [0.717, 1.165) is 37.6 Å². The summed E-state index contributed by atoms with van der Waals surface area (Å²) >= 11 is 0. The summed E-state index contributed by atoms with van der Waals surface area (Å²) in [5, 5.41) is 5.40. The van der Waals surface area contributed by atoms with Gasteiger partial charge in [-0.25, -0.2) is 4.79 Å². The molecule has 2 N–H and O–H groups in total. The molecule has 6 nitrogen and oxygen atoms in total. The summed E-state index contributed by atoms with van der Waals surface area (Å²) in [6, 6.07) is 7.66. The highest BCUT2D eigenvalue weighted by Crippen LogP contribution is 2.17. The number of carbonyl (C=O) groups excluding carboxylic acids is 1.